The fourth-order valence-electron chi connectivity index (χ4n) is 8.25. The van der Waals surface area contributed by atoms with Crippen LogP contribution in [0.5, 0.6) is 0 Å². The van der Waals surface area contributed by atoms with Crippen LogP contribution in [0.4, 0.5) is 0 Å². The third-order valence-electron chi connectivity index (χ3n) is 12.4. The van der Waals surface area contributed by atoms with E-state index >= 15 is 0 Å². The summed E-state index contributed by atoms with van der Waals surface area (Å²) >= 11 is 0. The van der Waals surface area contributed by atoms with Crippen molar-refractivity contribution in [2.45, 2.75) is 140 Å². The van der Waals surface area contributed by atoms with Gasteiger partial charge in [0, 0.05) is 41.5 Å². The lowest BCUT2D eigenvalue weighted by molar-refractivity contribution is -0.272. The molecule has 1 aromatic heterocycles. The first kappa shape index (κ1) is 62.6. The van der Waals surface area contributed by atoms with Crippen LogP contribution < -0.4 is 10.6 Å². The lowest BCUT2D eigenvalue weighted by Gasteiger charge is -2.42. The molecule has 0 spiro atoms. The highest BCUT2D eigenvalue weighted by molar-refractivity contribution is 8.76. The molecule has 25 heteroatoms. The van der Waals surface area contributed by atoms with Gasteiger partial charge in [-0.1, -0.05) is 50.8 Å². The van der Waals surface area contributed by atoms with Crippen molar-refractivity contribution in [3.63, 3.8) is 0 Å². The minimum absolute atomic E-state index is 0.0229. The van der Waals surface area contributed by atoms with Crippen LogP contribution in [0, 0.1) is 16.2 Å². The van der Waals surface area contributed by atoms with Crippen LogP contribution in [0.2, 0.25) is 23.8 Å². The molecular weight excluding hydrogens is 956 g/mol. The summed E-state index contributed by atoms with van der Waals surface area (Å²) in [5.41, 5.74) is -4.52. The predicted molar refractivity (Wildman–Crippen MR) is 263 cm³/mol. The molecule has 5 unspecified atom stereocenters. The molecule has 2 rings (SSSR count). The van der Waals surface area contributed by atoms with Crippen LogP contribution in [-0.4, -0.2) is 188 Å². The summed E-state index contributed by atoms with van der Waals surface area (Å²) in [6.07, 6.45) is -5.28. The standard InChI is InChI=1S/C45H75B2N3O18S2/c1-28(52)22-49-36(56)43(6,25-42(5,26-44(7,46-9)38(59)60)39(61)67-20-21-69-70-31-12-10-11-13-48-31)27-47-45(8,24-41(3,4)37(57)58)40(62)66-19-17-64-15-14-63-16-18-65-35-32(50-29(2)53)34(55)33(54)30(23-51)68-35/h10-13,28,30,32-35,46-47,51-52,54-55H,14-27H2,1-9H3,(H,49,56)(H,50,53)(H,57,58)(H,59,60)/t28?,30-,32-,33+,34-,35-,42?,43?,44?,45?/m1/s1. The van der Waals surface area contributed by atoms with Crippen LogP contribution in [-0.2, 0) is 57.2 Å². The van der Waals surface area contributed by atoms with Crippen LogP contribution in [0.3, 0.4) is 0 Å². The molecule has 0 radical (unpaired) electrons. The smallest absolute Gasteiger partial charge is 0.311 e. The summed E-state index contributed by atoms with van der Waals surface area (Å²) in [5.74, 6) is -4.50. The van der Waals surface area contributed by atoms with E-state index in [1.54, 1.807) is 39.9 Å². The summed E-state index contributed by atoms with van der Waals surface area (Å²) in [6, 6.07) is 4.37. The number of ether oxygens (including phenoxy) is 6. The number of esters is 2. The van der Waals surface area contributed by atoms with E-state index in [0.717, 1.165) is 5.03 Å². The number of carbonyl (C=O) groups excluding carboxylic acids is 4. The van der Waals surface area contributed by atoms with Gasteiger partial charge in [0.15, 0.2) is 6.29 Å². The van der Waals surface area contributed by atoms with E-state index in [4.69, 9.17) is 28.4 Å². The summed E-state index contributed by atoms with van der Waals surface area (Å²) < 4.78 is 33.7. The lowest BCUT2D eigenvalue weighted by Crippen LogP contribution is -2.64. The number of aliphatic hydroxyl groups is 4. The second-order valence-corrected chi connectivity index (χ2v) is 22.0. The topological polar surface area (TPSA) is 316 Å². The molecule has 1 aliphatic rings. The number of hydrogen-bond donors (Lipinski definition) is 8. The Hall–Kier alpha value is -3.52. The molecule has 1 aliphatic heterocycles. The van der Waals surface area contributed by atoms with Gasteiger partial charge in [0.05, 0.1) is 56.6 Å². The van der Waals surface area contributed by atoms with E-state index in [2.05, 4.69) is 15.6 Å². The molecule has 2 amide bonds. The Morgan fingerprint density at radius 2 is 1.46 bits per heavy atom. The second kappa shape index (κ2) is 29.2. The average Bonchev–Trinajstić information content (AvgIpc) is 3.29. The Bertz CT molecular complexity index is 1840. The summed E-state index contributed by atoms with van der Waals surface area (Å²) in [7, 11) is 2.85. The minimum atomic E-state index is -1.57. The maximum absolute atomic E-state index is 14.3. The number of aromatic nitrogens is 1. The molecule has 1 fully saturated rings. The van der Waals surface area contributed by atoms with E-state index in [-0.39, 0.29) is 92.9 Å². The maximum atomic E-state index is 14.3. The van der Waals surface area contributed by atoms with Gasteiger partial charge in [0.2, 0.25) is 11.8 Å². The van der Waals surface area contributed by atoms with Crippen molar-refractivity contribution in [3.8, 4) is 0 Å². The highest BCUT2D eigenvalue weighted by Gasteiger charge is 2.52. The number of carboxylic acids is 2. The number of rotatable bonds is 34. The Balaban J connectivity index is 2.20. The number of aliphatic hydroxyl groups excluding tert-OH is 4. The fraction of sp³-hybridized carbons (Fsp3) is 0.756. The number of hydrogen-bond acceptors (Lipinski definition) is 19. The van der Waals surface area contributed by atoms with Gasteiger partial charge in [-0.15, -0.1) is 0 Å². The molecule has 0 aromatic carbocycles. The normalized spacial score (nSPS) is 22.1. The Labute approximate surface area is 419 Å². The van der Waals surface area contributed by atoms with Gasteiger partial charge in [-0.3, -0.25) is 28.8 Å². The van der Waals surface area contributed by atoms with E-state index in [0.29, 0.717) is 5.75 Å². The molecule has 0 bridgehead atoms. The summed E-state index contributed by atoms with van der Waals surface area (Å²) in [6.45, 7) is 12.6. The van der Waals surface area contributed by atoms with Crippen molar-refractivity contribution in [2.24, 2.45) is 16.2 Å². The Kier molecular flexibility index (Phi) is 26.2. The number of nitrogens with zero attached hydrogens (tertiary/aromatic N) is 1. The molecule has 1 saturated heterocycles. The van der Waals surface area contributed by atoms with Crippen molar-refractivity contribution in [1.29, 1.82) is 0 Å². The molecule has 21 nitrogen and oxygen atoms in total. The highest BCUT2D eigenvalue weighted by Crippen LogP contribution is 2.50. The van der Waals surface area contributed by atoms with Gasteiger partial charge < -0.3 is 69.7 Å². The van der Waals surface area contributed by atoms with Gasteiger partial charge in [-0.05, 0) is 69.9 Å². The van der Waals surface area contributed by atoms with Gasteiger partial charge >= 0.3 is 23.9 Å². The van der Waals surface area contributed by atoms with Crippen molar-refractivity contribution in [3.05, 3.63) is 24.4 Å². The van der Waals surface area contributed by atoms with Gasteiger partial charge in [-0.2, -0.15) is 0 Å². The van der Waals surface area contributed by atoms with E-state index in [1.807, 2.05) is 12.1 Å². The van der Waals surface area contributed by atoms with Crippen molar-refractivity contribution in [1.82, 2.24) is 15.6 Å². The zero-order chi connectivity index (χ0) is 52.9. The first-order valence-electron chi connectivity index (χ1n) is 23.3. The monoisotopic (exact) mass is 1030 g/mol. The van der Waals surface area contributed by atoms with E-state index in [9.17, 15) is 59.4 Å². The van der Waals surface area contributed by atoms with Crippen molar-refractivity contribution in [2.75, 3.05) is 65.2 Å². The molecule has 0 aliphatic carbocycles. The van der Waals surface area contributed by atoms with E-state index in [1.165, 1.54) is 56.2 Å². The average molecular weight is 1030 g/mol. The van der Waals surface area contributed by atoms with Crippen molar-refractivity contribution >= 4 is 71.8 Å². The molecule has 10 atom stereocenters. The van der Waals surface area contributed by atoms with Crippen LogP contribution >= 0.6 is 21.6 Å². The number of pyridine rings is 1. The molecule has 1 aromatic rings. The molecule has 8 N–H and O–H groups in total. The summed E-state index contributed by atoms with van der Waals surface area (Å²) in [5, 5.41) is 63.8. The van der Waals surface area contributed by atoms with Gasteiger partial charge in [0.25, 0.3) is 0 Å². The van der Waals surface area contributed by atoms with E-state index < -0.39 is 106 Å². The third kappa shape index (κ3) is 19.8. The SMILES string of the molecule is CBC(C)(CC(C)(CC(C)(CBC(C)(CC(C)(C)C(=O)O)C(=O)OCCOCCOCCO[C@@H]1O[C@H](CO)[C@H](O)[C@H](O)[C@H]1NC(C)=O)C(=O)NCC(C)O)C(=O)OCCSSc1ccccn1)C(=O)O. The minimum Gasteiger partial charge on any atom is -0.481 e. The first-order chi connectivity index (χ1) is 32.7. The van der Waals surface area contributed by atoms with Gasteiger partial charge in [-0.25, -0.2) is 4.98 Å². The zero-order valence-electron chi connectivity index (χ0n) is 41.9. The number of amides is 2. The maximum Gasteiger partial charge on any atom is 0.311 e. The van der Waals surface area contributed by atoms with Crippen molar-refractivity contribution < 1.29 is 87.8 Å². The quantitative estimate of drug-likeness (QED) is 0.0210. The fourth-order valence-corrected chi connectivity index (χ4v) is 9.95. The van der Waals surface area contributed by atoms with Crippen LogP contribution in [0.1, 0.15) is 74.7 Å². The Morgan fingerprint density at radius 3 is 2.01 bits per heavy atom. The lowest BCUT2D eigenvalue weighted by atomic mass is 9.42. The second-order valence-electron chi connectivity index (χ2n) is 19.6. The predicted octanol–water partition coefficient (Wildman–Crippen LogP) is 1.47. The number of carbonyl (C=O) groups is 6. The zero-order valence-corrected chi connectivity index (χ0v) is 43.6. The largest absolute Gasteiger partial charge is 0.481 e. The molecular formula is C45H75B2N3O18S2. The molecule has 2 heterocycles. The van der Waals surface area contributed by atoms with Crippen LogP contribution in [0.25, 0.3) is 0 Å². The van der Waals surface area contributed by atoms with Crippen LogP contribution in [0.15, 0.2) is 29.4 Å². The molecule has 70 heavy (non-hydrogen) atoms. The number of aliphatic carboxylic acids is 2. The molecule has 396 valence electrons. The van der Waals surface area contributed by atoms with Gasteiger partial charge in [0.1, 0.15) is 57.2 Å². The highest BCUT2D eigenvalue weighted by atomic mass is 33.1. The molecule has 0 saturated carbocycles. The number of nitrogens with one attached hydrogen (secondary N) is 2. The third-order valence-corrected chi connectivity index (χ3v) is 14.6. The Morgan fingerprint density at radius 1 is 0.829 bits per heavy atom. The first-order valence-corrected chi connectivity index (χ1v) is 25.7. The number of carboxylic acid groups (broad SMARTS) is 2. The summed E-state index contributed by atoms with van der Waals surface area (Å²) in [4.78, 5) is 83.6.